The van der Waals surface area contributed by atoms with Crippen molar-refractivity contribution in [3.8, 4) is 17.2 Å². The maximum Gasteiger partial charge on any atom is 0.290 e. The standard InChI is InChI=1S/C19H24O2.4C2H6.CH2O2/c1-6-7-16-10-14(3)19(15(4)11-16)21-17-8-9-18(20-5)13(2)12-17;4*1-2;2-1-3/h8-12H,6-7H2,1-5H3;4*1-2H3;1H,(H,2,3). The first kappa shape index (κ1) is 36.9. The van der Waals surface area contributed by atoms with Gasteiger partial charge in [0.15, 0.2) is 0 Å². The third kappa shape index (κ3) is 15.3. The van der Waals surface area contributed by atoms with Crippen LogP contribution in [0.3, 0.4) is 0 Å². The maximum absolute atomic E-state index is 8.36. The van der Waals surface area contributed by atoms with Crippen LogP contribution in [0.2, 0.25) is 0 Å². The van der Waals surface area contributed by atoms with Crippen molar-refractivity contribution in [3.05, 3.63) is 52.6 Å². The zero-order chi connectivity index (χ0) is 26.1. The molecular weight excluding hydrogens is 400 g/mol. The summed E-state index contributed by atoms with van der Waals surface area (Å²) in [5.74, 6) is 2.69. The minimum absolute atomic E-state index is 0.250. The van der Waals surface area contributed by atoms with Crippen LogP contribution in [-0.4, -0.2) is 18.7 Å². The molecule has 0 saturated carbocycles. The molecule has 0 atom stereocenters. The minimum atomic E-state index is -0.250. The first-order valence-corrected chi connectivity index (χ1v) is 12.0. The van der Waals surface area contributed by atoms with Gasteiger partial charge in [-0.1, -0.05) is 80.9 Å². The molecule has 0 aliphatic carbocycles. The van der Waals surface area contributed by atoms with Crippen LogP contribution >= 0.6 is 0 Å². The van der Waals surface area contributed by atoms with E-state index < -0.39 is 0 Å². The van der Waals surface area contributed by atoms with Crippen molar-refractivity contribution < 1.29 is 19.4 Å². The Kier molecular flexibility index (Phi) is 30.6. The fourth-order valence-corrected chi connectivity index (χ4v) is 2.67. The van der Waals surface area contributed by atoms with Crippen molar-refractivity contribution in [3.63, 3.8) is 0 Å². The van der Waals surface area contributed by atoms with E-state index in [2.05, 4.69) is 32.9 Å². The monoisotopic (exact) mass is 450 g/mol. The number of methoxy groups -OCH3 is 1. The van der Waals surface area contributed by atoms with Crippen molar-refractivity contribution in [2.45, 2.75) is 95.9 Å². The number of carbonyl (C=O) groups is 1. The fraction of sp³-hybridized carbons (Fsp3) is 0.536. The third-order valence-corrected chi connectivity index (χ3v) is 3.65. The quantitative estimate of drug-likeness (QED) is 0.461. The molecule has 0 radical (unpaired) electrons. The van der Waals surface area contributed by atoms with Crippen molar-refractivity contribution in [1.29, 1.82) is 0 Å². The summed E-state index contributed by atoms with van der Waals surface area (Å²) in [5.41, 5.74) is 4.83. The Morgan fingerprint density at radius 2 is 1.25 bits per heavy atom. The number of aryl methyl sites for hydroxylation is 4. The van der Waals surface area contributed by atoms with Crippen LogP contribution in [0.15, 0.2) is 30.3 Å². The molecule has 0 amide bonds. The molecule has 2 aromatic rings. The van der Waals surface area contributed by atoms with Crippen LogP contribution in [0.1, 0.15) is 91.0 Å². The molecule has 1 N–H and O–H groups in total. The Hall–Kier alpha value is -2.49. The van der Waals surface area contributed by atoms with Gasteiger partial charge in [0, 0.05) is 0 Å². The predicted octanol–water partition coefficient (Wildman–Crippen LogP) is 9.17. The Balaban J connectivity index is -0.000000308. The number of hydrogen-bond donors (Lipinski definition) is 1. The van der Waals surface area contributed by atoms with E-state index in [0.717, 1.165) is 35.7 Å². The molecule has 2 rings (SSSR count). The number of hydrogen-bond acceptors (Lipinski definition) is 3. The number of carboxylic acid groups (broad SMARTS) is 1. The largest absolute Gasteiger partial charge is 0.496 e. The number of benzene rings is 2. The summed E-state index contributed by atoms with van der Waals surface area (Å²) >= 11 is 0. The summed E-state index contributed by atoms with van der Waals surface area (Å²) in [5, 5.41) is 6.89. The van der Waals surface area contributed by atoms with Gasteiger partial charge in [0.25, 0.3) is 6.47 Å². The van der Waals surface area contributed by atoms with Gasteiger partial charge in [0.1, 0.15) is 17.2 Å². The minimum Gasteiger partial charge on any atom is -0.496 e. The summed E-state index contributed by atoms with van der Waals surface area (Å²) in [6.45, 7) is 24.2. The number of ether oxygens (including phenoxy) is 2. The Morgan fingerprint density at radius 1 is 0.812 bits per heavy atom. The van der Waals surface area contributed by atoms with E-state index in [-0.39, 0.29) is 6.47 Å². The van der Waals surface area contributed by atoms with Gasteiger partial charge in [-0.15, -0.1) is 0 Å². The average Bonchev–Trinajstić information content (AvgIpc) is 2.82. The second kappa shape index (κ2) is 26.5. The maximum atomic E-state index is 8.36. The van der Waals surface area contributed by atoms with E-state index in [4.69, 9.17) is 19.4 Å². The van der Waals surface area contributed by atoms with E-state index in [1.165, 1.54) is 16.7 Å². The summed E-state index contributed by atoms with van der Waals surface area (Å²) in [6.07, 6.45) is 2.28. The Labute approximate surface area is 199 Å². The lowest BCUT2D eigenvalue weighted by Gasteiger charge is -2.15. The van der Waals surface area contributed by atoms with Gasteiger partial charge >= 0.3 is 0 Å². The first-order chi connectivity index (χ1) is 15.5. The lowest BCUT2D eigenvalue weighted by molar-refractivity contribution is -0.122. The van der Waals surface area contributed by atoms with Gasteiger partial charge in [-0.2, -0.15) is 0 Å². The second-order valence-electron chi connectivity index (χ2n) is 5.65. The molecule has 0 aliphatic heterocycles. The topological polar surface area (TPSA) is 55.8 Å². The zero-order valence-corrected chi connectivity index (χ0v) is 23.1. The van der Waals surface area contributed by atoms with E-state index in [0.29, 0.717) is 0 Å². The highest BCUT2D eigenvalue weighted by Gasteiger charge is 2.09. The molecule has 0 aliphatic rings. The molecular formula is C28H50O4. The van der Waals surface area contributed by atoms with E-state index in [1.54, 1.807) is 7.11 Å². The van der Waals surface area contributed by atoms with E-state index >= 15 is 0 Å². The first-order valence-electron chi connectivity index (χ1n) is 12.0. The van der Waals surface area contributed by atoms with Crippen LogP contribution in [-0.2, 0) is 11.2 Å². The van der Waals surface area contributed by atoms with E-state index in [9.17, 15) is 0 Å². The molecule has 2 aromatic carbocycles. The smallest absolute Gasteiger partial charge is 0.290 e. The van der Waals surface area contributed by atoms with Crippen molar-refractivity contribution in [2.24, 2.45) is 0 Å². The van der Waals surface area contributed by atoms with Crippen molar-refractivity contribution in [1.82, 2.24) is 0 Å². The molecule has 0 bridgehead atoms. The fourth-order valence-electron chi connectivity index (χ4n) is 2.67. The highest BCUT2D eigenvalue weighted by Crippen LogP contribution is 2.32. The molecule has 4 heteroatoms. The molecule has 0 heterocycles. The molecule has 4 nitrogen and oxygen atoms in total. The van der Waals surface area contributed by atoms with Gasteiger partial charge in [0.05, 0.1) is 7.11 Å². The molecule has 0 unspecified atom stereocenters. The molecule has 186 valence electrons. The van der Waals surface area contributed by atoms with Crippen LogP contribution < -0.4 is 9.47 Å². The van der Waals surface area contributed by atoms with Gasteiger partial charge in [-0.25, -0.2) is 0 Å². The predicted molar refractivity (Wildman–Crippen MR) is 142 cm³/mol. The lowest BCUT2D eigenvalue weighted by atomic mass is 10.0. The summed E-state index contributed by atoms with van der Waals surface area (Å²) in [6, 6.07) is 10.4. The van der Waals surface area contributed by atoms with Crippen molar-refractivity contribution in [2.75, 3.05) is 7.11 Å². The lowest BCUT2D eigenvalue weighted by Crippen LogP contribution is -1.95. The third-order valence-electron chi connectivity index (χ3n) is 3.65. The summed E-state index contributed by atoms with van der Waals surface area (Å²) < 4.78 is 11.4. The normalized spacial score (nSPS) is 8.03. The number of rotatable bonds is 5. The van der Waals surface area contributed by atoms with Gasteiger partial charge in [0.2, 0.25) is 0 Å². The SMILES string of the molecule is CC.CC.CC.CC.CCCc1cc(C)c(Oc2ccc(OC)c(C)c2)c(C)c1.O=CO. The molecule has 0 spiro atoms. The molecule has 0 aromatic heterocycles. The van der Waals surface area contributed by atoms with Crippen LogP contribution in [0.25, 0.3) is 0 Å². The van der Waals surface area contributed by atoms with Gasteiger partial charge in [-0.05, 0) is 67.6 Å². The molecule has 0 fully saturated rings. The summed E-state index contributed by atoms with van der Waals surface area (Å²) in [7, 11) is 1.68. The Morgan fingerprint density at radius 3 is 1.59 bits per heavy atom. The molecule has 0 saturated heterocycles. The van der Waals surface area contributed by atoms with E-state index in [1.807, 2.05) is 80.5 Å². The average molecular weight is 451 g/mol. The second-order valence-corrected chi connectivity index (χ2v) is 5.65. The van der Waals surface area contributed by atoms with Crippen LogP contribution in [0, 0.1) is 20.8 Å². The zero-order valence-electron chi connectivity index (χ0n) is 23.1. The van der Waals surface area contributed by atoms with Crippen molar-refractivity contribution >= 4 is 6.47 Å². The molecule has 32 heavy (non-hydrogen) atoms. The van der Waals surface area contributed by atoms with Gasteiger partial charge in [-0.3, -0.25) is 4.79 Å². The summed E-state index contributed by atoms with van der Waals surface area (Å²) in [4.78, 5) is 8.36. The van der Waals surface area contributed by atoms with Crippen LogP contribution in [0.4, 0.5) is 0 Å². The Bertz CT molecular complexity index is 656. The van der Waals surface area contributed by atoms with Gasteiger partial charge < -0.3 is 14.6 Å². The highest BCUT2D eigenvalue weighted by atomic mass is 16.5. The van der Waals surface area contributed by atoms with Crippen LogP contribution in [0.5, 0.6) is 17.2 Å². The highest BCUT2D eigenvalue weighted by molar-refractivity contribution is 5.47.